The molecule has 1 fully saturated rings. The first-order valence-corrected chi connectivity index (χ1v) is 11.7. The number of amides is 2. The smallest absolute Gasteiger partial charge is 0.249 e. The van der Waals surface area contributed by atoms with Gasteiger partial charge in [0, 0.05) is 47.7 Å². The van der Waals surface area contributed by atoms with Crippen LogP contribution in [0.1, 0.15) is 29.8 Å². The van der Waals surface area contributed by atoms with E-state index < -0.39 is 11.6 Å². The number of piperazine rings is 1. The minimum atomic E-state index is -1.10. The Balaban J connectivity index is 1.64. The molecule has 0 unspecified atom stereocenters. The summed E-state index contributed by atoms with van der Waals surface area (Å²) in [4.78, 5) is 34.2. The van der Waals surface area contributed by atoms with Gasteiger partial charge in [0.25, 0.3) is 0 Å². The third-order valence-electron chi connectivity index (χ3n) is 6.86. The fourth-order valence-electron chi connectivity index (χ4n) is 5.37. The van der Waals surface area contributed by atoms with Crippen molar-refractivity contribution in [1.29, 1.82) is 0 Å². The van der Waals surface area contributed by atoms with E-state index in [1.165, 1.54) is 0 Å². The van der Waals surface area contributed by atoms with E-state index >= 15 is 0 Å². The number of H-pyrrole nitrogens is 1. The van der Waals surface area contributed by atoms with Gasteiger partial charge in [-0.2, -0.15) is 0 Å². The molecule has 1 saturated heterocycles. The van der Waals surface area contributed by atoms with E-state index in [0.717, 1.165) is 27.7 Å². The Morgan fingerprint density at radius 1 is 1.21 bits per heavy atom. The zero-order chi connectivity index (χ0) is 24.0. The molecule has 2 aromatic carbocycles. The number of carbonyl (C=O) groups excluding carboxylic acids is 2. The summed E-state index contributed by atoms with van der Waals surface area (Å²) in [6.07, 6.45) is 0.350. The van der Waals surface area contributed by atoms with Gasteiger partial charge in [-0.1, -0.05) is 23.7 Å². The number of aliphatic hydroxyl groups excluding tert-OH is 1. The first-order valence-electron chi connectivity index (χ1n) is 11.4. The summed E-state index contributed by atoms with van der Waals surface area (Å²) >= 11 is 6.31. The molecule has 0 saturated carbocycles. The van der Waals surface area contributed by atoms with Crippen LogP contribution in [0.3, 0.4) is 0 Å². The molecule has 178 valence electrons. The van der Waals surface area contributed by atoms with Crippen LogP contribution < -0.4 is 5.32 Å². The summed E-state index contributed by atoms with van der Waals surface area (Å²) in [5, 5.41) is 23.8. The number of aromatic amines is 1. The minimum absolute atomic E-state index is 0.00979. The average molecular weight is 483 g/mol. The predicted molar refractivity (Wildman–Crippen MR) is 129 cm³/mol. The van der Waals surface area contributed by atoms with E-state index in [1.54, 1.807) is 28.0 Å². The molecule has 0 bridgehead atoms. The van der Waals surface area contributed by atoms with Crippen LogP contribution in [0, 0.1) is 0 Å². The van der Waals surface area contributed by atoms with Gasteiger partial charge >= 0.3 is 0 Å². The summed E-state index contributed by atoms with van der Waals surface area (Å²) in [7, 11) is 0. The molecule has 8 nitrogen and oxygen atoms in total. The molecule has 5 rings (SSSR count). The molecule has 0 spiro atoms. The number of benzene rings is 2. The molecule has 34 heavy (non-hydrogen) atoms. The first-order chi connectivity index (χ1) is 16.3. The molecule has 9 heteroatoms. The molecule has 2 aliphatic rings. The highest BCUT2D eigenvalue weighted by atomic mass is 35.5. The van der Waals surface area contributed by atoms with Crippen LogP contribution in [0.2, 0.25) is 5.02 Å². The van der Waals surface area contributed by atoms with Crippen LogP contribution in [-0.2, 0) is 16.0 Å². The Hall–Kier alpha value is -3.07. The van der Waals surface area contributed by atoms with Gasteiger partial charge in [-0.15, -0.1) is 0 Å². The number of aromatic hydroxyl groups is 1. The van der Waals surface area contributed by atoms with Gasteiger partial charge in [-0.05, 0) is 48.4 Å². The number of nitrogens with one attached hydrogen (secondary N) is 2. The lowest BCUT2D eigenvalue weighted by Gasteiger charge is -2.53. The van der Waals surface area contributed by atoms with Crippen LogP contribution >= 0.6 is 11.6 Å². The van der Waals surface area contributed by atoms with Crippen molar-refractivity contribution in [3.05, 3.63) is 64.3 Å². The molecule has 4 N–H and O–H groups in total. The van der Waals surface area contributed by atoms with E-state index in [-0.39, 0.29) is 30.7 Å². The SMILES string of the molecule is C[C@@]12Cc3c([nH]c4ccc(Cl)cc34)[C@@H](c3cccc(O)c3)N1C(=O)CN(CCNCCO)C2=O. The zero-order valence-electron chi connectivity index (χ0n) is 18.8. The Labute approximate surface area is 202 Å². The maximum absolute atomic E-state index is 13.8. The Bertz CT molecular complexity index is 1280. The number of aliphatic hydroxyl groups is 1. The van der Waals surface area contributed by atoms with Gasteiger partial charge in [-0.3, -0.25) is 9.59 Å². The highest BCUT2D eigenvalue weighted by molar-refractivity contribution is 6.31. The fourth-order valence-corrected chi connectivity index (χ4v) is 5.54. The van der Waals surface area contributed by atoms with E-state index in [9.17, 15) is 14.7 Å². The average Bonchev–Trinajstić information content (AvgIpc) is 3.15. The summed E-state index contributed by atoms with van der Waals surface area (Å²) in [6, 6.07) is 11.9. The number of phenolic OH excluding ortho intramolecular Hbond substituents is 1. The van der Waals surface area contributed by atoms with Crippen LogP contribution in [0.25, 0.3) is 10.9 Å². The van der Waals surface area contributed by atoms with Crippen molar-refractivity contribution in [2.24, 2.45) is 0 Å². The Kier molecular flexibility index (Phi) is 5.75. The standard InChI is InChI=1S/C25H27ClN4O4/c1-25-13-19-18-12-16(26)5-6-20(18)28-22(19)23(15-3-2-4-17(32)11-15)30(25)21(33)14-29(24(25)34)9-7-27-8-10-31/h2-6,11-12,23,27-28,31-32H,7-10,13-14H2,1H3/t23-,25+/m1/s1. The lowest BCUT2D eigenvalue weighted by molar-refractivity contribution is -0.167. The minimum Gasteiger partial charge on any atom is -0.508 e. The Morgan fingerprint density at radius 3 is 2.79 bits per heavy atom. The molecular weight excluding hydrogens is 456 g/mol. The van der Waals surface area contributed by atoms with Gasteiger partial charge in [-0.25, -0.2) is 0 Å². The van der Waals surface area contributed by atoms with Crippen molar-refractivity contribution >= 4 is 34.3 Å². The van der Waals surface area contributed by atoms with Crippen molar-refractivity contribution in [3.8, 4) is 5.75 Å². The van der Waals surface area contributed by atoms with E-state index in [0.29, 0.717) is 31.1 Å². The van der Waals surface area contributed by atoms with Gasteiger partial charge in [0.2, 0.25) is 11.8 Å². The largest absolute Gasteiger partial charge is 0.508 e. The third kappa shape index (κ3) is 3.62. The lowest BCUT2D eigenvalue weighted by atomic mass is 9.78. The number of rotatable bonds is 6. The molecule has 2 amide bonds. The van der Waals surface area contributed by atoms with Crippen LogP contribution in [-0.4, -0.2) is 75.1 Å². The summed E-state index contributed by atoms with van der Waals surface area (Å²) in [6.45, 7) is 3.10. The second-order valence-corrected chi connectivity index (χ2v) is 9.56. The van der Waals surface area contributed by atoms with Gasteiger partial charge in [0.05, 0.1) is 19.2 Å². The lowest BCUT2D eigenvalue weighted by Crippen LogP contribution is -2.70. The molecule has 3 aromatic rings. The van der Waals surface area contributed by atoms with Crippen LogP contribution in [0.15, 0.2) is 42.5 Å². The highest BCUT2D eigenvalue weighted by Gasteiger charge is 2.55. The maximum atomic E-state index is 13.8. The normalized spacial score (nSPS) is 22.3. The first kappa shape index (κ1) is 22.7. The fraction of sp³-hybridized carbons (Fsp3) is 0.360. The number of fused-ring (bicyclic) bond motifs is 4. The molecule has 0 aliphatic carbocycles. The maximum Gasteiger partial charge on any atom is 0.249 e. The number of phenols is 1. The monoisotopic (exact) mass is 482 g/mol. The summed E-state index contributed by atoms with van der Waals surface area (Å²) in [5.41, 5.74) is 2.29. The molecule has 1 aromatic heterocycles. The van der Waals surface area contributed by atoms with Crippen molar-refractivity contribution in [2.45, 2.75) is 24.9 Å². The molecule has 2 atom stereocenters. The van der Waals surface area contributed by atoms with Gasteiger partial charge in [0.15, 0.2) is 0 Å². The number of carbonyl (C=O) groups is 2. The Morgan fingerprint density at radius 2 is 2.03 bits per heavy atom. The number of nitrogens with zero attached hydrogens (tertiary/aromatic N) is 2. The van der Waals surface area contributed by atoms with Gasteiger partial charge < -0.3 is 30.3 Å². The van der Waals surface area contributed by atoms with Crippen molar-refractivity contribution in [3.63, 3.8) is 0 Å². The van der Waals surface area contributed by atoms with Crippen molar-refractivity contribution < 1.29 is 19.8 Å². The van der Waals surface area contributed by atoms with Crippen LogP contribution in [0.4, 0.5) is 0 Å². The molecular formula is C25H27ClN4O4. The summed E-state index contributed by atoms with van der Waals surface area (Å²) in [5.74, 6) is -0.178. The third-order valence-corrected chi connectivity index (χ3v) is 7.10. The quantitative estimate of drug-likeness (QED) is 0.403. The van der Waals surface area contributed by atoms with Gasteiger partial charge in [0.1, 0.15) is 11.3 Å². The molecule has 3 heterocycles. The topological polar surface area (TPSA) is 109 Å². The summed E-state index contributed by atoms with van der Waals surface area (Å²) < 4.78 is 0. The number of halogens is 1. The van der Waals surface area contributed by atoms with E-state index in [4.69, 9.17) is 16.7 Å². The molecule has 2 aliphatic heterocycles. The van der Waals surface area contributed by atoms with Crippen LogP contribution in [0.5, 0.6) is 5.75 Å². The second kappa shape index (κ2) is 8.61. The van der Waals surface area contributed by atoms with Crippen molar-refractivity contribution in [1.82, 2.24) is 20.1 Å². The second-order valence-electron chi connectivity index (χ2n) is 9.12. The van der Waals surface area contributed by atoms with E-state index in [1.807, 2.05) is 31.2 Å². The number of hydrogen-bond donors (Lipinski definition) is 4. The molecule has 0 radical (unpaired) electrons. The van der Waals surface area contributed by atoms with E-state index in [2.05, 4.69) is 10.3 Å². The zero-order valence-corrected chi connectivity index (χ0v) is 19.6. The number of aromatic nitrogens is 1. The van der Waals surface area contributed by atoms with Crippen molar-refractivity contribution in [2.75, 3.05) is 32.8 Å². The number of hydrogen-bond acceptors (Lipinski definition) is 5. The highest BCUT2D eigenvalue weighted by Crippen LogP contribution is 2.47. The predicted octanol–water partition coefficient (Wildman–Crippen LogP) is 2.18.